The summed E-state index contributed by atoms with van der Waals surface area (Å²) in [7, 11) is 0. The topological polar surface area (TPSA) is 17.8 Å². The zero-order valence-corrected chi connectivity index (χ0v) is 5.57. The fourth-order valence-corrected chi connectivity index (χ4v) is 1.03. The highest BCUT2D eigenvalue weighted by Crippen LogP contribution is 2.03. The highest BCUT2D eigenvalue weighted by atomic mass is 15.0. The fourth-order valence-electron chi connectivity index (χ4n) is 1.03. The van der Waals surface area contributed by atoms with Crippen LogP contribution in [-0.2, 0) is 6.54 Å². The van der Waals surface area contributed by atoms with Crippen molar-refractivity contribution in [3.05, 3.63) is 36.4 Å². The Labute approximate surface area is 59.5 Å². The van der Waals surface area contributed by atoms with Gasteiger partial charge in [-0.25, -0.2) is 4.98 Å². The zero-order chi connectivity index (χ0) is 6.81. The lowest BCUT2D eigenvalue weighted by Crippen LogP contribution is -1.94. The van der Waals surface area contributed by atoms with Gasteiger partial charge in [0.25, 0.3) is 0 Å². The first-order chi connectivity index (χ1) is 4.97. The number of aromatic nitrogens is 2. The van der Waals surface area contributed by atoms with Crippen molar-refractivity contribution in [2.75, 3.05) is 0 Å². The van der Waals surface area contributed by atoms with Crippen LogP contribution in [0, 0.1) is 0 Å². The predicted molar refractivity (Wildman–Crippen MR) is 40.4 cm³/mol. The summed E-state index contributed by atoms with van der Waals surface area (Å²) in [6, 6.07) is 0. The lowest BCUT2D eigenvalue weighted by molar-refractivity contribution is 0.812. The minimum absolute atomic E-state index is 0.933. The van der Waals surface area contributed by atoms with Crippen LogP contribution in [0.25, 0.3) is 6.08 Å². The highest BCUT2D eigenvalue weighted by Gasteiger charge is 1.96. The van der Waals surface area contributed by atoms with Crippen molar-refractivity contribution in [2.45, 2.75) is 6.54 Å². The zero-order valence-electron chi connectivity index (χ0n) is 5.57. The molecule has 2 heteroatoms. The molecule has 0 spiro atoms. The minimum atomic E-state index is 0.933. The van der Waals surface area contributed by atoms with E-state index in [0.717, 1.165) is 12.4 Å². The summed E-state index contributed by atoms with van der Waals surface area (Å²) in [5.41, 5.74) is 0. The van der Waals surface area contributed by atoms with Crippen LogP contribution in [0.4, 0.5) is 0 Å². The van der Waals surface area contributed by atoms with E-state index in [1.54, 1.807) is 0 Å². The molecule has 2 heterocycles. The van der Waals surface area contributed by atoms with Gasteiger partial charge < -0.3 is 4.57 Å². The third kappa shape index (κ3) is 0.778. The third-order valence-corrected chi connectivity index (χ3v) is 1.54. The number of hydrogen-bond acceptors (Lipinski definition) is 1. The Kier molecular flexibility index (Phi) is 1.17. The van der Waals surface area contributed by atoms with Crippen molar-refractivity contribution in [1.29, 1.82) is 0 Å². The van der Waals surface area contributed by atoms with E-state index in [0.29, 0.717) is 0 Å². The number of allylic oxidation sites excluding steroid dienone is 3. The predicted octanol–water partition coefficient (Wildman–Crippen LogP) is 1.47. The van der Waals surface area contributed by atoms with Crippen LogP contribution >= 0.6 is 0 Å². The Morgan fingerprint density at radius 3 is 3.40 bits per heavy atom. The maximum atomic E-state index is 4.15. The van der Waals surface area contributed by atoms with E-state index in [1.165, 1.54) is 0 Å². The normalized spacial score (nSPS) is 14.8. The van der Waals surface area contributed by atoms with Gasteiger partial charge in [-0.05, 0) is 6.08 Å². The summed E-state index contributed by atoms with van der Waals surface area (Å²) >= 11 is 0. The summed E-state index contributed by atoms with van der Waals surface area (Å²) in [5, 5.41) is 0. The molecule has 0 aliphatic carbocycles. The van der Waals surface area contributed by atoms with Crippen molar-refractivity contribution < 1.29 is 0 Å². The van der Waals surface area contributed by atoms with Gasteiger partial charge in [0.2, 0.25) is 0 Å². The summed E-state index contributed by atoms with van der Waals surface area (Å²) in [6.07, 6.45) is 12.0. The molecule has 0 unspecified atom stereocenters. The first kappa shape index (κ1) is 5.47. The third-order valence-electron chi connectivity index (χ3n) is 1.54. The number of nitrogens with zero attached hydrogens (tertiary/aromatic N) is 2. The molecule has 0 atom stereocenters. The maximum Gasteiger partial charge on any atom is 0.132 e. The first-order valence-electron chi connectivity index (χ1n) is 3.31. The van der Waals surface area contributed by atoms with Crippen molar-refractivity contribution in [3.63, 3.8) is 0 Å². The maximum absolute atomic E-state index is 4.15. The molecule has 50 valence electrons. The first-order valence-corrected chi connectivity index (χ1v) is 3.31. The SMILES string of the molecule is C1=CCn2ccnc2C=C1. The van der Waals surface area contributed by atoms with Crippen LogP contribution in [0.3, 0.4) is 0 Å². The molecule has 1 aromatic heterocycles. The van der Waals surface area contributed by atoms with Gasteiger partial charge in [-0.2, -0.15) is 0 Å². The van der Waals surface area contributed by atoms with Crippen molar-refractivity contribution in [1.82, 2.24) is 9.55 Å². The number of fused-ring (bicyclic) bond motifs is 1. The summed E-state index contributed by atoms with van der Waals surface area (Å²) < 4.78 is 2.10. The Bertz CT molecular complexity index is 281. The van der Waals surface area contributed by atoms with E-state index in [1.807, 2.05) is 30.6 Å². The van der Waals surface area contributed by atoms with E-state index < -0.39 is 0 Å². The molecule has 0 saturated heterocycles. The van der Waals surface area contributed by atoms with E-state index >= 15 is 0 Å². The van der Waals surface area contributed by atoms with Gasteiger partial charge in [-0.3, -0.25) is 0 Å². The number of hydrogen-bond donors (Lipinski definition) is 0. The number of rotatable bonds is 0. The van der Waals surface area contributed by atoms with Crippen LogP contribution in [-0.4, -0.2) is 9.55 Å². The highest BCUT2D eigenvalue weighted by molar-refractivity contribution is 5.44. The van der Waals surface area contributed by atoms with Crippen LogP contribution in [0.2, 0.25) is 0 Å². The molecule has 0 saturated carbocycles. The van der Waals surface area contributed by atoms with Crippen LogP contribution < -0.4 is 0 Å². The average molecular weight is 132 g/mol. The van der Waals surface area contributed by atoms with Crippen LogP contribution in [0.15, 0.2) is 30.6 Å². The molecule has 1 aromatic rings. The second kappa shape index (κ2) is 2.14. The lowest BCUT2D eigenvalue weighted by atomic mass is 10.4. The standard InChI is InChI=1S/C8H8N2/c1-2-4-8-9-5-7-10(8)6-3-1/h1-5,7H,6H2. The summed E-state index contributed by atoms with van der Waals surface area (Å²) in [6.45, 7) is 0.933. The Hall–Kier alpha value is -1.31. The molecule has 2 rings (SSSR count). The van der Waals surface area contributed by atoms with Gasteiger partial charge in [0.1, 0.15) is 5.82 Å². The van der Waals surface area contributed by atoms with Gasteiger partial charge in [0.15, 0.2) is 0 Å². The van der Waals surface area contributed by atoms with E-state index in [2.05, 4.69) is 15.6 Å². The molecule has 2 nitrogen and oxygen atoms in total. The molecule has 0 amide bonds. The van der Waals surface area contributed by atoms with Crippen molar-refractivity contribution in [2.24, 2.45) is 0 Å². The molecule has 1 aliphatic rings. The second-order valence-corrected chi connectivity index (χ2v) is 2.23. The van der Waals surface area contributed by atoms with Gasteiger partial charge in [-0.1, -0.05) is 18.2 Å². The van der Waals surface area contributed by atoms with Crippen molar-refractivity contribution >= 4 is 6.08 Å². The fraction of sp³-hybridized carbons (Fsp3) is 0.125. The molecule has 0 radical (unpaired) electrons. The Morgan fingerprint density at radius 1 is 1.40 bits per heavy atom. The quantitative estimate of drug-likeness (QED) is 0.522. The molecule has 0 fully saturated rings. The summed E-state index contributed by atoms with van der Waals surface area (Å²) in [5.74, 6) is 1.03. The molecule has 0 bridgehead atoms. The molecular formula is C8H8N2. The van der Waals surface area contributed by atoms with E-state index in [9.17, 15) is 0 Å². The van der Waals surface area contributed by atoms with E-state index in [-0.39, 0.29) is 0 Å². The van der Waals surface area contributed by atoms with Crippen LogP contribution in [0.5, 0.6) is 0 Å². The Balaban J connectivity index is 2.50. The minimum Gasteiger partial charge on any atom is -0.328 e. The second-order valence-electron chi connectivity index (χ2n) is 2.23. The lowest BCUT2D eigenvalue weighted by Gasteiger charge is -1.96. The molecule has 1 aliphatic heterocycles. The molecule has 10 heavy (non-hydrogen) atoms. The van der Waals surface area contributed by atoms with Crippen LogP contribution in [0.1, 0.15) is 5.82 Å². The van der Waals surface area contributed by atoms with Crippen molar-refractivity contribution in [3.8, 4) is 0 Å². The van der Waals surface area contributed by atoms with Gasteiger partial charge in [0, 0.05) is 18.9 Å². The van der Waals surface area contributed by atoms with Gasteiger partial charge in [0.05, 0.1) is 0 Å². The molecule has 0 aromatic carbocycles. The van der Waals surface area contributed by atoms with E-state index in [4.69, 9.17) is 0 Å². The number of imidazole rings is 1. The average Bonchev–Trinajstić information content (AvgIpc) is 2.28. The monoisotopic (exact) mass is 132 g/mol. The summed E-state index contributed by atoms with van der Waals surface area (Å²) in [4.78, 5) is 4.15. The Morgan fingerprint density at radius 2 is 2.40 bits per heavy atom. The molecular weight excluding hydrogens is 124 g/mol. The van der Waals surface area contributed by atoms with Gasteiger partial charge in [-0.15, -0.1) is 0 Å². The smallest absolute Gasteiger partial charge is 0.132 e. The largest absolute Gasteiger partial charge is 0.328 e. The van der Waals surface area contributed by atoms with Gasteiger partial charge >= 0.3 is 0 Å². The molecule has 0 N–H and O–H groups in total.